The van der Waals surface area contributed by atoms with Gasteiger partial charge in [0.15, 0.2) is 0 Å². The minimum absolute atomic E-state index is 0.00593. The van der Waals surface area contributed by atoms with Crippen molar-refractivity contribution in [3.63, 3.8) is 0 Å². The molecule has 0 amide bonds. The van der Waals surface area contributed by atoms with E-state index in [1.54, 1.807) is 0 Å². The van der Waals surface area contributed by atoms with Gasteiger partial charge in [0.2, 0.25) is 5.95 Å². The third kappa shape index (κ3) is 2.44. The summed E-state index contributed by atoms with van der Waals surface area (Å²) in [4.78, 5) is 21.1. The largest absolute Gasteiger partial charge is 0.368 e. The molecule has 5 nitrogen and oxygen atoms in total. The Bertz CT molecular complexity index is 562. The van der Waals surface area contributed by atoms with Crippen molar-refractivity contribution in [2.45, 2.75) is 13.3 Å². The third-order valence-corrected chi connectivity index (χ3v) is 2.17. The van der Waals surface area contributed by atoms with E-state index in [1.807, 2.05) is 31.2 Å². The quantitative estimate of drug-likeness (QED) is 0.771. The van der Waals surface area contributed by atoms with Crippen molar-refractivity contribution in [1.29, 1.82) is 0 Å². The first-order valence-corrected chi connectivity index (χ1v) is 4.92. The summed E-state index contributed by atoms with van der Waals surface area (Å²) in [6.07, 6.45) is 0.545. The highest BCUT2D eigenvalue weighted by Crippen LogP contribution is 2.07. The van der Waals surface area contributed by atoms with Crippen LogP contribution in [-0.2, 0) is 6.42 Å². The maximum atomic E-state index is 11.1. The Morgan fingerprint density at radius 1 is 1.38 bits per heavy atom. The molecule has 0 saturated carbocycles. The van der Waals surface area contributed by atoms with Crippen LogP contribution in [0.5, 0.6) is 0 Å². The van der Waals surface area contributed by atoms with E-state index in [-0.39, 0.29) is 5.95 Å². The molecule has 3 N–H and O–H groups in total. The first kappa shape index (κ1) is 10.4. The molecule has 0 aliphatic heterocycles. The number of hydrogen-bond acceptors (Lipinski definition) is 4. The number of nitrogens with zero attached hydrogens (tertiary/aromatic N) is 2. The average Bonchev–Trinajstić information content (AvgIpc) is 2.15. The van der Waals surface area contributed by atoms with Crippen LogP contribution in [0.3, 0.4) is 0 Å². The molecule has 0 atom stereocenters. The molecular formula is C11H12N4O. The summed E-state index contributed by atoms with van der Waals surface area (Å²) < 4.78 is 0. The Morgan fingerprint density at radius 3 is 2.88 bits per heavy atom. The van der Waals surface area contributed by atoms with E-state index in [1.165, 1.54) is 5.56 Å². The predicted molar refractivity (Wildman–Crippen MR) is 61.1 cm³/mol. The summed E-state index contributed by atoms with van der Waals surface area (Å²) >= 11 is 0. The van der Waals surface area contributed by atoms with Crippen molar-refractivity contribution >= 4 is 5.95 Å². The Balaban J connectivity index is 2.30. The summed E-state index contributed by atoms with van der Waals surface area (Å²) in [5.41, 5.74) is 7.18. The van der Waals surface area contributed by atoms with Crippen LogP contribution in [0.15, 0.2) is 29.1 Å². The van der Waals surface area contributed by atoms with Gasteiger partial charge in [0.1, 0.15) is 5.82 Å². The van der Waals surface area contributed by atoms with Crippen LogP contribution in [0.4, 0.5) is 5.95 Å². The van der Waals surface area contributed by atoms with Gasteiger partial charge in [-0.1, -0.05) is 29.8 Å². The summed E-state index contributed by atoms with van der Waals surface area (Å²) in [6.45, 7) is 2.01. The van der Waals surface area contributed by atoms with Crippen LogP contribution in [-0.4, -0.2) is 15.0 Å². The Kier molecular flexibility index (Phi) is 2.68. The molecule has 82 valence electrons. The second-order valence-corrected chi connectivity index (χ2v) is 3.62. The number of nitrogens with one attached hydrogen (secondary N) is 1. The molecule has 0 saturated heterocycles. The number of anilines is 1. The van der Waals surface area contributed by atoms with Gasteiger partial charge in [0.25, 0.3) is 0 Å². The second kappa shape index (κ2) is 4.14. The number of aromatic nitrogens is 3. The van der Waals surface area contributed by atoms with Crippen LogP contribution in [0.1, 0.15) is 17.0 Å². The number of aromatic amines is 1. The Labute approximate surface area is 92.4 Å². The SMILES string of the molecule is Cc1cccc(Cc2nc(N)nc(=O)[nH]2)c1. The maximum Gasteiger partial charge on any atom is 0.349 e. The molecule has 5 heteroatoms. The summed E-state index contributed by atoms with van der Waals surface area (Å²) in [7, 11) is 0. The van der Waals surface area contributed by atoms with Crippen molar-refractivity contribution in [1.82, 2.24) is 15.0 Å². The van der Waals surface area contributed by atoms with Crippen LogP contribution < -0.4 is 11.4 Å². The van der Waals surface area contributed by atoms with Crippen LogP contribution in [0.2, 0.25) is 0 Å². The number of rotatable bonds is 2. The van der Waals surface area contributed by atoms with Gasteiger partial charge in [-0.3, -0.25) is 4.98 Å². The predicted octanol–water partition coefficient (Wildman–Crippen LogP) is 0.646. The van der Waals surface area contributed by atoms with E-state index in [9.17, 15) is 4.79 Å². The molecule has 0 spiro atoms. The molecule has 16 heavy (non-hydrogen) atoms. The standard InChI is InChI=1S/C11H12N4O/c1-7-3-2-4-8(5-7)6-9-13-10(12)15-11(16)14-9/h2-5H,6H2,1H3,(H3,12,13,14,15,16). The van der Waals surface area contributed by atoms with Crippen molar-refractivity contribution in [3.05, 3.63) is 51.7 Å². The molecule has 1 aromatic heterocycles. The first-order valence-electron chi connectivity index (χ1n) is 4.92. The van der Waals surface area contributed by atoms with E-state index in [4.69, 9.17) is 5.73 Å². The Morgan fingerprint density at radius 2 is 2.19 bits per heavy atom. The lowest BCUT2D eigenvalue weighted by atomic mass is 10.1. The number of nitrogens with two attached hydrogens (primary N) is 1. The highest BCUT2D eigenvalue weighted by atomic mass is 16.1. The molecule has 0 unspecified atom stereocenters. The minimum atomic E-state index is -0.463. The molecule has 2 rings (SSSR count). The molecule has 0 bridgehead atoms. The molecule has 0 radical (unpaired) electrons. The average molecular weight is 216 g/mol. The zero-order valence-electron chi connectivity index (χ0n) is 8.90. The van der Waals surface area contributed by atoms with Crippen molar-refractivity contribution in [2.24, 2.45) is 0 Å². The van der Waals surface area contributed by atoms with E-state index in [2.05, 4.69) is 15.0 Å². The lowest BCUT2D eigenvalue weighted by Gasteiger charge is -2.02. The molecule has 0 aliphatic carbocycles. The second-order valence-electron chi connectivity index (χ2n) is 3.62. The van der Waals surface area contributed by atoms with Gasteiger partial charge >= 0.3 is 5.69 Å². The van der Waals surface area contributed by atoms with E-state index in [0.717, 1.165) is 5.56 Å². The highest BCUT2D eigenvalue weighted by molar-refractivity contribution is 5.25. The first-order chi connectivity index (χ1) is 7.63. The minimum Gasteiger partial charge on any atom is -0.368 e. The molecular weight excluding hydrogens is 204 g/mol. The van der Waals surface area contributed by atoms with E-state index < -0.39 is 5.69 Å². The molecule has 2 aromatic rings. The van der Waals surface area contributed by atoms with Gasteiger partial charge in [-0.2, -0.15) is 9.97 Å². The van der Waals surface area contributed by atoms with Crippen molar-refractivity contribution in [3.8, 4) is 0 Å². The molecule has 0 fully saturated rings. The van der Waals surface area contributed by atoms with Gasteiger partial charge in [-0.15, -0.1) is 0 Å². The smallest absolute Gasteiger partial charge is 0.349 e. The maximum absolute atomic E-state index is 11.1. The van der Waals surface area contributed by atoms with Crippen molar-refractivity contribution < 1.29 is 0 Å². The monoisotopic (exact) mass is 216 g/mol. The normalized spacial score (nSPS) is 10.3. The van der Waals surface area contributed by atoms with Gasteiger partial charge < -0.3 is 5.73 Å². The third-order valence-electron chi connectivity index (χ3n) is 2.17. The highest BCUT2D eigenvalue weighted by Gasteiger charge is 2.01. The fourth-order valence-corrected chi connectivity index (χ4v) is 1.55. The van der Waals surface area contributed by atoms with Gasteiger partial charge in [-0.05, 0) is 12.5 Å². The molecule has 0 aliphatic rings. The summed E-state index contributed by atoms with van der Waals surface area (Å²) in [5, 5.41) is 0. The number of benzene rings is 1. The van der Waals surface area contributed by atoms with E-state index in [0.29, 0.717) is 12.2 Å². The van der Waals surface area contributed by atoms with Gasteiger partial charge in [0.05, 0.1) is 0 Å². The van der Waals surface area contributed by atoms with Gasteiger partial charge in [-0.25, -0.2) is 4.79 Å². The summed E-state index contributed by atoms with van der Waals surface area (Å²) in [6, 6.07) is 7.99. The number of aryl methyl sites for hydroxylation is 1. The zero-order valence-corrected chi connectivity index (χ0v) is 8.90. The molecule has 1 aromatic carbocycles. The Hall–Kier alpha value is -2.17. The number of nitrogen functional groups attached to an aromatic ring is 1. The fourth-order valence-electron chi connectivity index (χ4n) is 1.55. The van der Waals surface area contributed by atoms with Crippen LogP contribution >= 0.6 is 0 Å². The number of H-pyrrole nitrogens is 1. The fraction of sp³-hybridized carbons (Fsp3) is 0.182. The lowest BCUT2D eigenvalue weighted by molar-refractivity contribution is 0.893. The van der Waals surface area contributed by atoms with Crippen LogP contribution in [0, 0.1) is 6.92 Å². The zero-order chi connectivity index (χ0) is 11.5. The summed E-state index contributed by atoms with van der Waals surface area (Å²) in [5.74, 6) is 0.537. The molecule has 1 heterocycles. The topological polar surface area (TPSA) is 84.7 Å². The number of hydrogen-bond donors (Lipinski definition) is 2. The van der Waals surface area contributed by atoms with Crippen LogP contribution in [0.25, 0.3) is 0 Å². The van der Waals surface area contributed by atoms with Crippen molar-refractivity contribution in [2.75, 3.05) is 5.73 Å². The lowest BCUT2D eigenvalue weighted by Crippen LogP contribution is -2.17. The van der Waals surface area contributed by atoms with Gasteiger partial charge in [0, 0.05) is 6.42 Å². The van der Waals surface area contributed by atoms with E-state index >= 15 is 0 Å².